The lowest BCUT2D eigenvalue weighted by molar-refractivity contribution is 0.102. The number of aryl methyl sites for hydroxylation is 1. The minimum absolute atomic E-state index is 0.182. The molecule has 6 rings (SSSR count). The fraction of sp³-hybridized carbons (Fsp3) is 0.324. The van der Waals surface area contributed by atoms with Crippen LogP contribution in [0, 0.1) is 0 Å². The van der Waals surface area contributed by atoms with E-state index in [0.29, 0.717) is 11.5 Å². The van der Waals surface area contributed by atoms with Crippen LogP contribution in [0.4, 0.5) is 5.95 Å². The van der Waals surface area contributed by atoms with E-state index in [1.807, 2.05) is 77.5 Å². The number of H-pyrrole nitrogens is 1. The van der Waals surface area contributed by atoms with Crippen molar-refractivity contribution < 1.29 is 4.79 Å². The number of amides is 1. The molecule has 1 saturated heterocycles. The van der Waals surface area contributed by atoms with Crippen LogP contribution in [0.3, 0.4) is 0 Å². The quantitative estimate of drug-likeness (QED) is 0.171. The molecule has 210 valence electrons. The van der Waals surface area contributed by atoms with E-state index in [-0.39, 0.29) is 5.91 Å². The zero-order valence-corrected chi connectivity index (χ0v) is 23.6. The fourth-order valence-corrected chi connectivity index (χ4v) is 5.82. The summed E-state index contributed by atoms with van der Waals surface area (Å²) in [6.45, 7) is 3.78. The highest BCUT2D eigenvalue weighted by atomic mass is 16.1. The van der Waals surface area contributed by atoms with Crippen molar-refractivity contribution in [2.45, 2.75) is 51.4 Å². The highest BCUT2D eigenvalue weighted by Gasteiger charge is 2.16. The molecule has 0 radical (unpaired) electrons. The van der Waals surface area contributed by atoms with E-state index in [0.717, 1.165) is 46.3 Å². The number of unbranched alkanes of at least 4 members (excludes halogenated alkanes) is 3. The van der Waals surface area contributed by atoms with Gasteiger partial charge in [0.05, 0.1) is 17.4 Å². The number of piperidine rings is 1. The van der Waals surface area contributed by atoms with Crippen molar-refractivity contribution in [3.05, 3.63) is 96.4 Å². The first-order chi connectivity index (χ1) is 20.2. The van der Waals surface area contributed by atoms with Crippen LogP contribution in [0.15, 0.2) is 85.2 Å². The number of nitrogens with zero attached hydrogens (tertiary/aromatic N) is 4. The highest BCUT2D eigenvalue weighted by Crippen LogP contribution is 2.28. The predicted molar refractivity (Wildman–Crippen MR) is 166 cm³/mol. The van der Waals surface area contributed by atoms with Crippen LogP contribution < -0.4 is 5.32 Å². The van der Waals surface area contributed by atoms with Crippen LogP contribution in [0.25, 0.3) is 27.7 Å². The van der Waals surface area contributed by atoms with Gasteiger partial charge in [0.1, 0.15) is 0 Å². The van der Waals surface area contributed by atoms with Gasteiger partial charge in [0, 0.05) is 22.8 Å². The van der Waals surface area contributed by atoms with E-state index >= 15 is 0 Å². The third kappa shape index (κ3) is 6.57. The molecule has 3 heterocycles. The molecule has 0 spiro atoms. The van der Waals surface area contributed by atoms with Gasteiger partial charge in [-0.1, -0.05) is 61.7 Å². The summed E-state index contributed by atoms with van der Waals surface area (Å²) in [5.74, 6) is 0.363. The molecule has 2 N–H and O–H groups in total. The fourth-order valence-electron chi connectivity index (χ4n) is 5.82. The Morgan fingerprint density at radius 1 is 0.878 bits per heavy atom. The molecule has 1 amide bonds. The van der Waals surface area contributed by atoms with Gasteiger partial charge in [-0.3, -0.25) is 19.8 Å². The molecule has 0 saturated carbocycles. The number of imidazole rings is 1. The van der Waals surface area contributed by atoms with Gasteiger partial charge >= 0.3 is 0 Å². The van der Waals surface area contributed by atoms with Crippen molar-refractivity contribution in [3.8, 4) is 16.8 Å². The molecule has 2 aromatic heterocycles. The summed E-state index contributed by atoms with van der Waals surface area (Å²) in [5.41, 5.74) is 5.54. The molecule has 0 unspecified atom stereocenters. The van der Waals surface area contributed by atoms with Crippen LogP contribution in [0.5, 0.6) is 0 Å². The number of rotatable bonds is 11. The number of anilines is 1. The number of carbonyl (C=O) groups is 1. The molecule has 7 nitrogen and oxygen atoms in total. The van der Waals surface area contributed by atoms with E-state index in [9.17, 15) is 4.79 Å². The number of benzene rings is 3. The van der Waals surface area contributed by atoms with Gasteiger partial charge in [0.15, 0.2) is 0 Å². The Morgan fingerprint density at radius 2 is 1.71 bits per heavy atom. The van der Waals surface area contributed by atoms with Crippen LogP contribution >= 0.6 is 0 Å². The smallest absolute Gasteiger partial charge is 0.258 e. The lowest BCUT2D eigenvalue weighted by Gasteiger charge is -2.26. The third-order valence-electron chi connectivity index (χ3n) is 8.04. The number of likely N-dealkylation sites (tertiary alicyclic amines) is 1. The van der Waals surface area contributed by atoms with Crippen molar-refractivity contribution in [1.29, 1.82) is 0 Å². The first-order valence-electron chi connectivity index (χ1n) is 14.9. The Bertz CT molecular complexity index is 1580. The average Bonchev–Trinajstić information content (AvgIpc) is 3.67. The van der Waals surface area contributed by atoms with Crippen LogP contribution in [-0.2, 0) is 6.42 Å². The summed E-state index contributed by atoms with van der Waals surface area (Å²) in [5, 5.41) is 11.3. The molecular formula is C34H38N6O. The van der Waals surface area contributed by atoms with E-state index in [4.69, 9.17) is 4.98 Å². The summed E-state index contributed by atoms with van der Waals surface area (Å²) in [6, 6.07) is 23.8. The zero-order chi connectivity index (χ0) is 27.9. The summed E-state index contributed by atoms with van der Waals surface area (Å²) < 4.78 is 1.99. The molecule has 41 heavy (non-hydrogen) atoms. The first-order valence-corrected chi connectivity index (χ1v) is 14.9. The predicted octanol–water partition coefficient (Wildman–Crippen LogP) is 7.26. The largest absolute Gasteiger partial charge is 0.303 e. The number of aromatic nitrogens is 4. The maximum atomic E-state index is 13.5. The van der Waals surface area contributed by atoms with E-state index < -0.39 is 0 Å². The number of hydrogen-bond donors (Lipinski definition) is 2. The molecule has 1 aliphatic rings. The number of aromatic amines is 1. The van der Waals surface area contributed by atoms with Crippen molar-refractivity contribution in [1.82, 2.24) is 24.6 Å². The first kappa shape index (κ1) is 27.0. The normalized spacial score (nSPS) is 14.0. The Morgan fingerprint density at radius 3 is 2.59 bits per heavy atom. The van der Waals surface area contributed by atoms with Crippen molar-refractivity contribution in [2.75, 3.05) is 25.0 Å². The van der Waals surface area contributed by atoms with Gasteiger partial charge < -0.3 is 4.90 Å². The van der Waals surface area contributed by atoms with Crippen LogP contribution in [-0.4, -0.2) is 50.2 Å². The second-order valence-electron chi connectivity index (χ2n) is 11.0. The van der Waals surface area contributed by atoms with Crippen molar-refractivity contribution in [3.63, 3.8) is 0 Å². The molecule has 0 aliphatic carbocycles. The summed E-state index contributed by atoms with van der Waals surface area (Å²) >= 11 is 0. The monoisotopic (exact) mass is 546 g/mol. The molecule has 1 fully saturated rings. The zero-order valence-electron chi connectivity index (χ0n) is 23.6. The Hall–Kier alpha value is -4.23. The molecule has 3 aromatic carbocycles. The Kier molecular flexibility index (Phi) is 8.52. The highest BCUT2D eigenvalue weighted by molar-refractivity contribution is 6.05. The van der Waals surface area contributed by atoms with E-state index in [1.54, 1.807) is 0 Å². The van der Waals surface area contributed by atoms with Gasteiger partial charge in [-0.2, -0.15) is 5.10 Å². The Labute approximate surface area is 241 Å². The second kappa shape index (κ2) is 13.0. The number of carbonyl (C=O) groups excluding carboxylic acids is 1. The van der Waals surface area contributed by atoms with Gasteiger partial charge in [-0.25, -0.2) is 4.98 Å². The molecule has 7 heteroatoms. The van der Waals surface area contributed by atoms with Gasteiger partial charge in [0.25, 0.3) is 5.91 Å². The van der Waals surface area contributed by atoms with E-state index in [2.05, 4.69) is 32.7 Å². The molecule has 5 aromatic rings. The second-order valence-corrected chi connectivity index (χ2v) is 11.0. The van der Waals surface area contributed by atoms with Gasteiger partial charge in [0.2, 0.25) is 5.95 Å². The van der Waals surface area contributed by atoms with Crippen LogP contribution in [0.1, 0.15) is 61.0 Å². The molecular weight excluding hydrogens is 508 g/mol. The number of fused-ring (bicyclic) bond motifs is 1. The minimum atomic E-state index is -0.182. The average molecular weight is 547 g/mol. The van der Waals surface area contributed by atoms with Gasteiger partial charge in [-0.15, -0.1) is 0 Å². The number of para-hydroxylation sites is 1. The number of hydrogen-bond acceptors (Lipinski definition) is 4. The van der Waals surface area contributed by atoms with Crippen molar-refractivity contribution in [2.24, 2.45) is 0 Å². The van der Waals surface area contributed by atoms with E-state index in [1.165, 1.54) is 58.2 Å². The summed E-state index contributed by atoms with van der Waals surface area (Å²) in [7, 11) is 0. The lowest BCUT2D eigenvalue weighted by atomic mass is 10.00. The molecule has 0 bridgehead atoms. The Balaban J connectivity index is 1.13. The topological polar surface area (TPSA) is 78.8 Å². The van der Waals surface area contributed by atoms with Gasteiger partial charge in [-0.05, 0) is 93.2 Å². The van der Waals surface area contributed by atoms with Crippen molar-refractivity contribution >= 4 is 22.8 Å². The molecule has 0 atom stereocenters. The third-order valence-corrected chi connectivity index (χ3v) is 8.04. The minimum Gasteiger partial charge on any atom is -0.303 e. The maximum Gasteiger partial charge on any atom is 0.258 e. The molecule has 1 aliphatic heterocycles. The SMILES string of the molecule is O=C(Nc1nc(CCCCCCN2CCCCC2)cn1-c1ccccc1)c1cccc(-c2cccc3[nH]ncc23)c1. The maximum absolute atomic E-state index is 13.5. The van der Waals surface area contributed by atoms with Crippen LogP contribution in [0.2, 0.25) is 0 Å². The lowest BCUT2D eigenvalue weighted by Crippen LogP contribution is -2.30. The standard InChI is InChI=1S/C34H38N6O/c41-33(27-14-11-13-26(23-27)30-18-12-19-32-31(30)24-35-38-32)37-34-36-28(25-40(34)29-16-6-3-7-17-29)15-5-1-2-8-20-39-21-9-4-10-22-39/h3,6-7,11-14,16-19,23-25H,1-2,4-5,8-10,15,20-22H2,(H,35,38)(H,36,37,41). The summed E-state index contributed by atoms with van der Waals surface area (Å²) in [4.78, 5) is 21.0. The summed E-state index contributed by atoms with van der Waals surface area (Å²) in [6.07, 6.45) is 13.7. The number of nitrogens with one attached hydrogen (secondary N) is 2.